The van der Waals surface area contributed by atoms with Crippen LogP contribution in [0, 0.1) is 13.8 Å². The zero-order chi connectivity index (χ0) is 18.8. The molecule has 6 heteroatoms. The van der Waals surface area contributed by atoms with E-state index in [0.717, 1.165) is 32.0 Å². The highest BCUT2D eigenvalue weighted by Gasteiger charge is 2.16. The second kappa shape index (κ2) is 7.25. The molecule has 0 atom stereocenters. The van der Waals surface area contributed by atoms with E-state index in [4.69, 9.17) is 4.74 Å². The number of nitrogens with zero attached hydrogens (tertiary/aromatic N) is 3. The van der Waals surface area contributed by atoms with Crippen molar-refractivity contribution in [1.29, 1.82) is 0 Å². The summed E-state index contributed by atoms with van der Waals surface area (Å²) in [6.45, 7) is 4.09. The fourth-order valence-corrected chi connectivity index (χ4v) is 3.78. The van der Waals surface area contributed by atoms with Gasteiger partial charge in [0.25, 0.3) is 0 Å². The largest absolute Gasteiger partial charge is 0.456 e. The molecule has 0 saturated carbocycles. The molecule has 3 aromatic heterocycles. The summed E-state index contributed by atoms with van der Waals surface area (Å²) in [5.41, 5.74) is 3.78. The lowest BCUT2D eigenvalue weighted by Gasteiger charge is -2.10. The molecule has 0 fully saturated rings. The van der Waals surface area contributed by atoms with Crippen LogP contribution in [0.15, 0.2) is 54.9 Å². The van der Waals surface area contributed by atoms with Gasteiger partial charge in [-0.3, -0.25) is 4.98 Å². The lowest BCUT2D eigenvalue weighted by molar-refractivity contribution is 0.0478. The number of esters is 1. The molecule has 134 valence electrons. The van der Waals surface area contributed by atoms with Gasteiger partial charge in [-0.1, -0.05) is 18.2 Å². The van der Waals surface area contributed by atoms with Crippen molar-refractivity contribution >= 4 is 28.2 Å². The molecule has 1 aromatic carbocycles. The Morgan fingerprint density at radius 3 is 2.59 bits per heavy atom. The van der Waals surface area contributed by atoms with Crippen LogP contribution in [0.5, 0.6) is 0 Å². The maximum atomic E-state index is 12.9. The highest BCUT2D eigenvalue weighted by molar-refractivity contribution is 7.11. The van der Waals surface area contributed by atoms with Crippen molar-refractivity contribution in [2.75, 3.05) is 0 Å². The number of benzene rings is 1. The van der Waals surface area contributed by atoms with Crippen molar-refractivity contribution in [3.05, 3.63) is 76.0 Å². The van der Waals surface area contributed by atoms with Gasteiger partial charge in [0.1, 0.15) is 6.61 Å². The van der Waals surface area contributed by atoms with Crippen LogP contribution < -0.4 is 0 Å². The monoisotopic (exact) mass is 375 g/mol. The third kappa shape index (κ3) is 3.57. The molecule has 4 rings (SSSR count). The predicted molar refractivity (Wildman–Crippen MR) is 106 cm³/mol. The molecule has 0 amide bonds. The Labute approximate surface area is 160 Å². The second-order valence-electron chi connectivity index (χ2n) is 6.13. The standard InChI is InChI=1S/C21H17N3O2S/c1-13-20(27-14(2)23-13)12-26-21(25)17-11-19(15-7-9-22-10-8-15)24-18-6-4-3-5-16(17)18/h3-11H,12H2,1-2H3. The van der Waals surface area contributed by atoms with Crippen molar-refractivity contribution in [2.24, 2.45) is 0 Å². The average Bonchev–Trinajstić information content (AvgIpc) is 3.03. The molecule has 0 bridgehead atoms. The molecular weight excluding hydrogens is 358 g/mol. The first-order valence-electron chi connectivity index (χ1n) is 8.52. The number of hydrogen-bond donors (Lipinski definition) is 0. The Morgan fingerprint density at radius 2 is 1.85 bits per heavy atom. The van der Waals surface area contributed by atoms with Gasteiger partial charge in [0.2, 0.25) is 0 Å². The summed E-state index contributed by atoms with van der Waals surface area (Å²) in [7, 11) is 0. The van der Waals surface area contributed by atoms with Crippen LogP contribution in [0.3, 0.4) is 0 Å². The number of hydrogen-bond acceptors (Lipinski definition) is 6. The molecule has 5 nitrogen and oxygen atoms in total. The zero-order valence-corrected chi connectivity index (χ0v) is 15.8. The minimum Gasteiger partial charge on any atom is -0.456 e. The summed E-state index contributed by atoms with van der Waals surface area (Å²) in [4.78, 5) is 26.9. The molecule has 3 heterocycles. The van der Waals surface area contributed by atoms with E-state index in [0.29, 0.717) is 11.3 Å². The molecule has 0 radical (unpaired) electrons. The first kappa shape index (κ1) is 17.3. The fraction of sp³-hybridized carbons (Fsp3) is 0.143. The third-order valence-electron chi connectivity index (χ3n) is 4.25. The van der Waals surface area contributed by atoms with E-state index < -0.39 is 0 Å². The van der Waals surface area contributed by atoms with Gasteiger partial charge in [-0.15, -0.1) is 11.3 Å². The minimum absolute atomic E-state index is 0.220. The molecule has 0 aliphatic carbocycles. The van der Waals surface area contributed by atoms with E-state index >= 15 is 0 Å². The molecule has 0 aliphatic heterocycles. The Balaban J connectivity index is 1.71. The fourth-order valence-electron chi connectivity index (χ4n) is 2.93. The lowest BCUT2D eigenvalue weighted by atomic mass is 10.0. The second-order valence-corrected chi connectivity index (χ2v) is 7.41. The number of aryl methyl sites for hydroxylation is 2. The van der Waals surface area contributed by atoms with Gasteiger partial charge in [0.15, 0.2) is 0 Å². The number of rotatable bonds is 4. The van der Waals surface area contributed by atoms with Crippen LogP contribution in [0.4, 0.5) is 0 Å². The maximum absolute atomic E-state index is 12.9. The number of thiazole rings is 1. The minimum atomic E-state index is -0.366. The third-order valence-corrected chi connectivity index (χ3v) is 5.29. The van der Waals surface area contributed by atoms with E-state index in [2.05, 4.69) is 15.0 Å². The maximum Gasteiger partial charge on any atom is 0.339 e. The van der Waals surface area contributed by atoms with Crippen molar-refractivity contribution in [3.63, 3.8) is 0 Å². The molecular formula is C21H17N3O2S. The number of ether oxygens (including phenoxy) is 1. The Kier molecular flexibility index (Phi) is 4.64. The lowest BCUT2D eigenvalue weighted by Crippen LogP contribution is -2.07. The molecule has 0 aliphatic rings. The number of fused-ring (bicyclic) bond motifs is 1. The van der Waals surface area contributed by atoms with E-state index in [-0.39, 0.29) is 12.6 Å². The number of carbonyl (C=O) groups is 1. The molecule has 0 spiro atoms. The topological polar surface area (TPSA) is 65.0 Å². The van der Waals surface area contributed by atoms with Crippen molar-refractivity contribution in [1.82, 2.24) is 15.0 Å². The van der Waals surface area contributed by atoms with Gasteiger partial charge in [-0.05, 0) is 38.1 Å². The van der Waals surface area contributed by atoms with Gasteiger partial charge in [-0.2, -0.15) is 0 Å². The first-order chi connectivity index (χ1) is 13.1. The van der Waals surface area contributed by atoms with Crippen LogP contribution in [0.25, 0.3) is 22.2 Å². The summed E-state index contributed by atoms with van der Waals surface area (Å²) in [6.07, 6.45) is 3.41. The predicted octanol–water partition coefficient (Wildman–Crippen LogP) is 4.73. The summed E-state index contributed by atoms with van der Waals surface area (Å²) in [6, 6.07) is 13.1. The van der Waals surface area contributed by atoms with Crippen molar-refractivity contribution < 1.29 is 9.53 Å². The molecule has 27 heavy (non-hydrogen) atoms. The van der Waals surface area contributed by atoms with Gasteiger partial charge < -0.3 is 4.74 Å². The van der Waals surface area contributed by atoms with Gasteiger partial charge in [0.05, 0.1) is 32.4 Å². The Hall–Kier alpha value is -3.12. The van der Waals surface area contributed by atoms with Crippen LogP contribution in [-0.2, 0) is 11.3 Å². The highest BCUT2D eigenvalue weighted by atomic mass is 32.1. The highest BCUT2D eigenvalue weighted by Crippen LogP contribution is 2.26. The normalized spacial score (nSPS) is 10.9. The number of aromatic nitrogens is 3. The SMILES string of the molecule is Cc1nc(C)c(COC(=O)c2cc(-c3ccncc3)nc3ccccc23)s1. The average molecular weight is 375 g/mol. The summed E-state index contributed by atoms with van der Waals surface area (Å²) < 4.78 is 5.60. The van der Waals surface area contributed by atoms with Crippen LogP contribution in [0.1, 0.15) is 25.9 Å². The van der Waals surface area contributed by atoms with E-state index in [1.807, 2.05) is 50.2 Å². The number of carbonyl (C=O) groups excluding carboxylic acids is 1. The van der Waals surface area contributed by atoms with Crippen LogP contribution >= 0.6 is 11.3 Å². The van der Waals surface area contributed by atoms with E-state index in [9.17, 15) is 4.79 Å². The molecule has 0 unspecified atom stereocenters. The zero-order valence-electron chi connectivity index (χ0n) is 15.0. The van der Waals surface area contributed by atoms with E-state index in [1.165, 1.54) is 0 Å². The Bertz CT molecular complexity index is 1120. The summed E-state index contributed by atoms with van der Waals surface area (Å²) in [5, 5.41) is 1.74. The van der Waals surface area contributed by atoms with Gasteiger partial charge in [0, 0.05) is 23.3 Å². The molecule has 0 saturated heterocycles. The molecule has 4 aromatic rings. The van der Waals surface area contributed by atoms with Gasteiger partial charge >= 0.3 is 5.97 Å². The van der Waals surface area contributed by atoms with E-state index in [1.54, 1.807) is 29.8 Å². The Morgan fingerprint density at radius 1 is 1.07 bits per heavy atom. The van der Waals surface area contributed by atoms with Crippen LogP contribution in [-0.4, -0.2) is 20.9 Å². The summed E-state index contributed by atoms with van der Waals surface area (Å²) in [5.74, 6) is -0.366. The number of para-hydroxylation sites is 1. The quantitative estimate of drug-likeness (QED) is 0.483. The number of pyridine rings is 2. The smallest absolute Gasteiger partial charge is 0.339 e. The van der Waals surface area contributed by atoms with Crippen LogP contribution in [0.2, 0.25) is 0 Å². The first-order valence-corrected chi connectivity index (χ1v) is 9.33. The summed E-state index contributed by atoms with van der Waals surface area (Å²) >= 11 is 1.55. The van der Waals surface area contributed by atoms with Crippen molar-refractivity contribution in [2.45, 2.75) is 20.5 Å². The molecule has 0 N–H and O–H groups in total. The van der Waals surface area contributed by atoms with Gasteiger partial charge in [-0.25, -0.2) is 14.8 Å². The van der Waals surface area contributed by atoms with Crippen molar-refractivity contribution in [3.8, 4) is 11.3 Å².